The first-order chi connectivity index (χ1) is 10.5. The molecule has 116 valence electrons. The van der Waals surface area contributed by atoms with Crippen LogP contribution in [0.2, 0.25) is 10.0 Å². The average molecular weight is 345 g/mol. The van der Waals surface area contributed by atoms with E-state index in [0.717, 1.165) is 12.1 Å². The van der Waals surface area contributed by atoms with Gasteiger partial charge in [0, 0.05) is 23.7 Å². The van der Waals surface area contributed by atoms with Crippen LogP contribution in [0.3, 0.4) is 0 Å². The third kappa shape index (κ3) is 2.72. The molecule has 0 saturated carbocycles. The zero-order chi connectivity index (χ0) is 15.9. The molecule has 2 aromatic rings. The summed E-state index contributed by atoms with van der Waals surface area (Å²) in [6, 6.07) is 4.81. The van der Waals surface area contributed by atoms with Gasteiger partial charge in [-0.3, -0.25) is 0 Å². The maximum absolute atomic E-state index is 13.9. The zero-order valence-electron chi connectivity index (χ0n) is 11.3. The zero-order valence-corrected chi connectivity index (χ0v) is 12.8. The third-order valence-electron chi connectivity index (χ3n) is 3.40. The molecule has 0 spiro atoms. The number of nitrogens with two attached hydrogens (primary N) is 1. The lowest BCUT2D eigenvalue weighted by Crippen LogP contribution is -2.37. The SMILES string of the molecule is NCC1CNc2cc(F)cc(-c3c(Cl)cc(F)cc3Cl)c2O1. The summed E-state index contributed by atoms with van der Waals surface area (Å²) in [5, 5.41) is 3.22. The second-order valence-corrected chi connectivity index (χ2v) is 5.75. The molecule has 0 saturated heterocycles. The van der Waals surface area contributed by atoms with Crippen molar-refractivity contribution in [2.75, 3.05) is 18.4 Å². The van der Waals surface area contributed by atoms with Gasteiger partial charge in [-0.1, -0.05) is 23.2 Å². The van der Waals surface area contributed by atoms with Gasteiger partial charge in [0.25, 0.3) is 0 Å². The van der Waals surface area contributed by atoms with Gasteiger partial charge in [0.2, 0.25) is 0 Å². The Balaban J connectivity index is 2.22. The van der Waals surface area contributed by atoms with Crippen molar-refractivity contribution in [2.24, 2.45) is 5.73 Å². The van der Waals surface area contributed by atoms with Crippen molar-refractivity contribution in [3.05, 3.63) is 45.9 Å². The van der Waals surface area contributed by atoms with E-state index in [1.54, 1.807) is 0 Å². The Hall–Kier alpha value is -1.56. The van der Waals surface area contributed by atoms with Gasteiger partial charge in [-0.2, -0.15) is 0 Å². The minimum absolute atomic E-state index is 0.0799. The lowest BCUT2D eigenvalue weighted by atomic mass is 10.0. The molecule has 0 aromatic heterocycles. The lowest BCUT2D eigenvalue weighted by Gasteiger charge is -2.28. The summed E-state index contributed by atoms with van der Waals surface area (Å²) in [5.41, 5.74) is 6.78. The fourth-order valence-electron chi connectivity index (χ4n) is 2.40. The molecule has 7 heteroatoms. The molecule has 1 unspecified atom stereocenters. The van der Waals surface area contributed by atoms with Crippen LogP contribution in [0, 0.1) is 11.6 Å². The highest BCUT2D eigenvalue weighted by Crippen LogP contribution is 2.45. The summed E-state index contributed by atoms with van der Waals surface area (Å²) in [5.74, 6) is -0.645. The molecule has 3 N–H and O–H groups in total. The molecular formula is C15H12Cl2F2N2O. The Morgan fingerprint density at radius 1 is 1.14 bits per heavy atom. The van der Waals surface area contributed by atoms with E-state index in [1.807, 2.05) is 0 Å². The highest BCUT2D eigenvalue weighted by atomic mass is 35.5. The fourth-order valence-corrected chi connectivity index (χ4v) is 3.06. The van der Waals surface area contributed by atoms with Crippen molar-refractivity contribution < 1.29 is 13.5 Å². The Kier molecular flexibility index (Phi) is 4.12. The number of hydrogen-bond donors (Lipinski definition) is 2. The molecule has 1 heterocycles. The summed E-state index contributed by atoms with van der Waals surface area (Å²) in [6.45, 7) is 0.769. The van der Waals surface area contributed by atoms with Crippen molar-refractivity contribution in [1.82, 2.24) is 0 Å². The largest absolute Gasteiger partial charge is 0.484 e. The molecule has 3 nitrogen and oxygen atoms in total. The molecule has 0 radical (unpaired) electrons. The average Bonchev–Trinajstić information content (AvgIpc) is 2.45. The first-order valence-corrected chi connectivity index (χ1v) is 7.34. The van der Waals surface area contributed by atoms with Crippen LogP contribution in [-0.2, 0) is 0 Å². The predicted molar refractivity (Wildman–Crippen MR) is 83.8 cm³/mol. The number of nitrogens with one attached hydrogen (secondary N) is 1. The molecule has 1 aliphatic rings. The van der Waals surface area contributed by atoms with Gasteiger partial charge in [-0.05, 0) is 18.2 Å². The first-order valence-electron chi connectivity index (χ1n) is 6.58. The molecule has 3 rings (SSSR count). The molecule has 0 aliphatic carbocycles. The molecule has 1 aliphatic heterocycles. The topological polar surface area (TPSA) is 47.3 Å². The molecule has 0 amide bonds. The van der Waals surface area contributed by atoms with Gasteiger partial charge < -0.3 is 15.8 Å². The number of rotatable bonds is 2. The Labute approximate surface area is 136 Å². The number of benzene rings is 2. The Bertz CT molecular complexity index is 717. The van der Waals surface area contributed by atoms with Gasteiger partial charge in [0.15, 0.2) is 5.75 Å². The van der Waals surface area contributed by atoms with Crippen LogP contribution in [0.15, 0.2) is 24.3 Å². The summed E-state index contributed by atoms with van der Waals surface area (Å²) < 4.78 is 33.0. The van der Waals surface area contributed by atoms with E-state index in [-0.39, 0.29) is 16.1 Å². The number of hydrogen-bond acceptors (Lipinski definition) is 3. The van der Waals surface area contributed by atoms with E-state index in [1.165, 1.54) is 12.1 Å². The normalized spacial score (nSPS) is 16.7. The predicted octanol–water partition coefficient (Wildman–Crippen LogP) is 4.07. The van der Waals surface area contributed by atoms with E-state index < -0.39 is 11.6 Å². The van der Waals surface area contributed by atoms with Crippen molar-refractivity contribution in [1.29, 1.82) is 0 Å². The van der Waals surface area contributed by atoms with Crippen molar-refractivity contribution >= 4 is 28.9 Å². The summed E-state index contributed by atoms with van der Waals surface area (Å²) >= 11 is 12.2. The van der Waals surface area contributed by atoms with Gasteiger partial charge in [0.05, 0.1) is 22.3 Å². The fraction of sp³-hybridized carbons (Fsp3) is 0.200. The van der Waals surface area contributed by atoms with E-state index in [0.29, 0.717) is 35.7 Å². The minimum Gasteiger partial charge on any atom is -0.484 e. The Morgan fingerprint density at radius 2 is 1.77 bits per heavy atom. The maximum atomic E-state index is 13.9. The molecule has 0 bridgehead atoms. The Morgan fingerprint density at radius 3 is 2.41 bits per heavy atom. The summed E-state index contributed by atoms with van der Waals surface area (Å²) in [7, 11) is 0. The standard InChI is InChI=1S/C15H12Cl2F2N2O/c16-11-2-8(19)3-12(17)14(11)10-1-7(18)4-13-15(10)22-9(5-20)6-21-13/h1-4,9,21H,5-6,20H2. The smallest absolute Gasteiger partial charge is 0.151 e. The highest BCUT2D eigenvalue weighted by molar-refractivity contribution is 6.39. The van der Waals surface area contributed by atoms with Crippen LogP contribution in [0.1, 0.15) is 0 Å². The monoisotopic (exact) mass is 344 g/mol. The number of anilines is 1. The van der Waals surface area contributed by atoms with Gasteiger partial charge in [-0.15, -0.1) is 0 Å². The second kappa shape index (κ2) is 5.91. The minimum atomic E-state index is -0.567. The lowest BCUT2D eigenvalue weighted by molar-refractivity contribution is 0.215. The van der Waals surface area contributed by atoms with E-state index >= 15 is 0 Å². The number of fused-ring (bicyclic) bond motifs is 1. The highest BCUT2D eigenvalue weighted by Gasteiger charge is 2.25. The summed E-state index contributed by atoms with van der Waals surface area (Å²) in [4.78, 5) is 0. The molecule has 22 heavy (non-hydrogen) atoms. The third-order valence-corrected chi connectivity index (χ3v) is 3.99. The van der Waals surface area contributed by atoms with Crippen LogP contribution in [0.5, 0.6) is 5.75 Å². The van der Waals surface area contributed by atoms with Crippen molar-refractivity contribution in [3.8, 4) is 16.9 Å². The van der Waals surface area contributed by atoms with Crippen molar-refractivity contribution in [2.45, 2.75) is 6.10 Å². The quantitative estimate of drug-likeness (QED) is 0.863. The van der Waals surface area contributed by atoms with Gasteiger partial charge in [-0.25, -0.2) is 8.78 Å². The molecule has 2 aromatic carbocycles. The van der Waals surface area contributed by atoms with Crippen LogP contribution >= 0.6 is 23.2 Å². The molecule has 1 atom stereocenters. The molecular weight excluding hydrogens is 333 g/mol. The second-order valence-electron chi connectivity index (χ2n) is 4.93. The number of ether oxygens (including phenoxy) is 1. The van der Waals surface area contributed by atoms with Crippen LogP contribution in [0.4, 0.5) is 14.5 Å². The maximum Gasteiger partial charge on any atom is 0.151 e. The summed E-state index contributed by atoms with van der Waals surface area (Å²) in [6.07, 6.45) is -0.255. The first kappa shape index (κ1) is 15.3. The van der Waals surface area contributed by atoms with E-state index in [9.17, 15) is 8.78 Å². The van der Waals surface area contributed by atoms with Gasteiger partial charge in [0.1, 0.15) is 17.7 Å². The van der Waals surface area contributed by atoms with E-state index in [2.05, 4.69) is 5.32 Å². The van der Waals surface area contributed by atoms with Crippen LogP contribution in [0.25, 0.3) is 11.1 Å². The van der Waals surface area contributed by atoms with Crippen LogP contribution in [-0.4, -0.2) is 19.2 Å². The van der Waals surface area contributed by atoms with Gasteiger partial charge >= 0.3 is 0 Å². The van der Waals surface area contributed by atoms with Crippen molar-refractivity contribution in [3.63, 3.8) is 0 Å². The van der Waals surface area contributed by atoms with Crippen LogP contribution < -0.4 is 15.8 Å². The molecule has 0 fully saturated rings. The van der Waals surface area contributed by atoms with E-state index in [4.69, 9.17) is 33.7 Å². The number of halogens is 4.